The number of fused-ring (bicyclic) bond motifs is 2. The predicted octanol–water partition coefficient (Wildman–Crippen LogP) is 5.36. The van der Waals surface area contributed by atoms with E-state index in [-0.39, 0.29) is 37.7 Å². The van der Waals surface area contributed by atoms with Crippen LogP contribution in [0.3, 0.4) is 0 Å². The number of carbonyl (C=O) groups excluding carboxylic acids is 1. The van der Waals surface area contributed by atoms with Crippen molar-refractivity contribution >= 4 is 35.2 Å². The minimum atomic E-state index is -0.663. The summed E-state index contributed by atoms with van der Waals surface area (Å²) in [6.07, 6.45) is 3.30. The highest BCUT2D eigenvalue weighted by Crippen LogP contribution is 2.33. The molecule has 3 aromatic carbocycles. The number of aryl methyl sites for hydroxylation is 1. The molecule has 1 aliphatic rings. The Labute approximate surface area is 261 Å². The topological polar surface area (TPSA) is 132 Å². The van der Waals surface area contributed by atoms with Gasteiger partial charge in [-0.1, -0.05) is 18.2 Å². The summed E-state index contributed by atoms with van der Waals surface area (Å²) < 4.78 is 22.9. The standard InChI is InChI=1S/C33H33N5O7/c1-24-4-10-28-31(20-24)44-18-19-45-32-21-25(5-7-26-8-9-27(33(39)42-3)22-30(26)38(40)41)6-11-29(32)37(23-35-2)15-17-43-16-14-36(28)13-12-34/h4-11,20-22H,13-19,23H2,1,3H3/b7-5+. The van der Waals surface area contributed by atoms with Gasteiger partial charge in [0.15, 0.2) is 0 Å². The minimum Gasteiger partial charge on any atom is -0.488 e. The summed E-state index contributed by atoms with van der Waals surface area (Å²) in [5.41, 5.74) is 3.35. The molecule has 1 heterocycles. The lowest BCUT2D eigenvalue weighted by Gasteiger charge is -2.24. The van der Waals surface area contributed by atoms with Gasteiger partial charge < -0.3 is 23.8 Å². The number of methoxy groups -OCH3 is 1. The summed E-state index contributed by atoms with van der Waals surface area (Å²) in [4.78, 5) is 30.4. The van der Waals surface area contributed by atoms with E-state index in [4.69, 9.17) is 20.8 Å². The number of carbonyl (C=O) groups is 1. The van der Waals surface area contributed by atoms with Gasteiger partial charge in [0, 0.05) is 19.2 Å². The number of rotatable bonds is 6. The van der Waals surface area contributed by atoms with Crippen LogP contribution in [-0.2, 0) is 9.47 Å². The van der Waals surface area contributed by atoms with Crippen molar-refractivity contribution in [3.05, 3.63) is 98.4 Å². The molecule has 0 saturated heterocycles. The summed E-state index contributed by atoms with van der Waals surface area (Å²) in [7, 11) is 1.21. The van der Waals surface area contributed by atoms with Gasteiger partial charge in [0.25, 0.3) is 12.4 Å². The molecule has 3 aromatic rings. The third-order valence-corrected chi connectivity index (χ3v) is 7.00. The SMILES string of the molecule is [C-]#[N+]CN1CCOCCN(CC#N)c2ccc(C)cc2OCCOc2cc(/C=C/c3ccc(C(=O)OC)cc3[N+](=O)[O-])ccc21. The van der Waals surface area contributed by atoms with E-state index in [1.54, 1.807) is 18.2 Å². The number of nitro benzene ring substituents is 1. The predicted molar refractivity (Wildman–Crippen MR) is 169 cm³/mol. The summed E-state index contributed by atoms with van der Waals surface area (Å²) in [6, 6.07) is 17.6. The van der Waals surface area contributed by atoms with E-state index in [2.05, 4.69) is 15.7 Å². The monoisotopic (exact) mass is 611 g/mol. The molecule has 45 heavy (non-hydrogen) atoms. The van der Waals surface area contributed by atoms with Crippen molar-refractivity contribution in [2.75, 3.05) is 69.6 Å². The van der Waals surface area contributed by atoms with Crippen molar-refractivity contribution in [3.63, 3.8) is 0 Å². The number of esters is 1. The lowest BCUT2D eigenvalue weighted by atomic mass is 10.1. The van der Waals surface area contributed by atoms with E-state index >= 15 is 0 Å². The van der Waals surface area contributed by atoms with E-state index < -0.39 is 10.9 Å². The highest BCUT2D eigenvalue weighted by Gasteiger charge is 2.19. The molecular formula is C33H33N5O7. The van der Waals surface area contributed by atoms with Crippen LogP contribution in [-0.4, -0.2) is 70.7 Å². The highest BCUT2D eigenvalue weighted by atomic mass is 16.6. The van der Waals surface area contributed by atoms with Crippen LogP contribution in [0.5, 0.6) is 11.5 Å². The van der Waals surface area contributed by atoms with Crippen molar-refractivity contribution in [1.29, 1.82) is 5.26 Å². The molecule has 0 atom stereocenters. The van der Waals surface area contributed by atoms with Gasteiger partial charge in [0.2, 0.25) is 0 Å². The second-order valence-electron chi connectivity index (χ2n) is 10.0. The number of hydrogen-bond donors (Lipinski definition) is 0. The van der Waals surface area contributed by atoms with Crippen molar-refractivity contribution in [1.82, 2.24) is 0 Å². The molecule has 4 rings (SSSR count). The maximum Gasteiger partial charge on any atom is 0.338 e. The molecule has 232 valence electrons. The lowest BCUT2D eigenvalue weighted by molar-refractivity contribution is -0.385. The first-order chi connectivity index (χ1) is 21.8. The van der Waals surface area contributed by atoms with E-state index in [9.17, 15) is 20.2 Å². The molecule has 0 aromatic heterocycles. The van der Waals surface area contributed by atoms with Crippen LogP contribution in [0.1, 0.15) is 27.0 Å². The van der Waals surface area contributed by atoms with Gasteiger partial charge in [-0.3, -0.25) is 19.9 Å². The van der Waals surface area contributed by atoms with Crippen LogP contribution < -0.4 is 19.3 Å². The number of nitriles is 1. The minimum absolute atomic E-state index is 0.0788. The maximum absolute atomic E-state index is 11.9. The lowest BCUT2D eigenvalue weighted by Crippen LogP contribution is -2.31. The first-order valence-corrected chi connectivity index (χ1v) is 14.2. The molecule has 12 heteroatoms. The van der Waals surface area contributed by atoms with Gasteiger partial charge in [-0.2, -0.15) is 5.26 Å². The summed E-state index contributed by atoms with van der Waals surface area (Å²) in [5.74, 6) is 0.476. The van der Waals surface area contributed by atoms with Gasteiger partial charge in [-0.05, 0) is 60.5 Å². The van der Waals surface area contributed by atoms with Crippen molar-refractivity contribution in [2.24, 2.45) is 0 Å². The molecule has 0 aliphatic carbocycles. The first-order valence-electron chi connectivity index (χ1n) is 14.2. The molecule has 12 nitrogen and oxygen atoms in total. The molecular weight excluding hydrogens is 578 g/mol. The smallest absolute Gasteiger partial charge is 0.338 e. The van der Waals surface area contributed by atoms with Crippen LogP contribution in [0.2, 0.25) is 0 Å². The molecule has 0 spiro atoms. The Morgan fingerprint density at radius 2 is 1.71 bits per heavy atom. The second kappa shape index (κ2) is 15.8. The van der Waals surface area contributed by atoms with E-state index in [0.717, 1.165) is 11.3 Å². The third-order valence-electron chi connectivity index (χ3n) is 7.00. The maximum atomic E-state index is 11.9. The Morgan fingerprint density at radius 3 is 2.40 bits per heavy atom. The largest absolute Gasteiger partial charge is 0.488 e. The summed E-state index contributed by atoms with van der Waals surface area (Å²) >= 11 is 0. The number of nitro groups is 1. The van der Waals surface area contributed by atoms with Gasteiger partial charge in [0.1, 0.15) is 31.3 Å². The molecule has 0 radical (unpaired) electrons. The molecule has 0 unspecified atom stereocenters. The van der Waals surface area contributed by atoms with Crippen molar-refractivity contribution in [3.8, 4) is 17.6 Å². The van der Waals surface area contributed by atoms with Crippen LogP contribution >= 0.6 is 0 Å². The zero-order valence-electron chi connectivity index (χ0n) is 25.1. The number of benzene rings is 3. The highest BCUT2D eigenvalue weighted by molar-refractivity contribution is 5.91. The van der Waals surface area contributed by atoms with Gasteiger partial charge in [-0.25, -0.2) is 11.4 Å². The van der Waals surface area contributed by atoms with Crippen LogP contribution in [0.15, 0.2) is 54.6 Å². The fourth-order valence-corrected chi connectivity index (χ4v) is 4.76. The quantitative estimate of drug-likeness (QED) is 0.0896. The van der Waals surface area contributed by atoms with Crippen LogP contribution in [0, 0.1) is 34.9 Å². The summed E-state index contributed by atoms with van der Waals surface area (Å²) in [6.45, 7) is 11.8. The molecule has 0 bridgehead atoms. The molecule has 0 amide bonds. The van der Waals surface area contributed by atoms with Crippen molar-refractivity contribution in [2.45, 2.75) is 6.92 Å². The first kappa shape index (κ1) is 32.3. The molecule has 0 N–H and O–H groups in total. The molecule has 0 fully saturated rings. The van der Waals surface area contributed by atoms with Crippen molar-refractivity contribution < 1.29 is 28.7 Å². The number of hydrogen-bond acceptors (Lipinski definition) is 10. The van der Waals surface area contributed by atoms with Crippen LogP contribution in [0.4, 0.5) is 17.1 Å². The normalized spacial score (nSPS) is 14.0. The van der Waals surface area contributed by atoms with E-state index in [1.165, 1.54) is 25.3 Å². The van der Waals surface area contributed by atoms with Gasteiger partial charge in [-0.15, -0.1) is 0 Å². The van der Waals surface area contributed by atoms with Gasteiger partial charge >= 0.3 is 5.97 Å². The number of ether oxygens (including phenoxy) is 4. The zero-order valence-corrected chi connectivity index (χ0v) is 25.1. The Kier molecular flexibility index (Phi) is 11.3. The Morgan fingerprint density at radius 1 is 1.02 bits per heavy atom. The average Bonchev–Trinajstić information content (AvgIpc) is 3.04. The Bertz CT molecular complexity index is 1640. The second-order valence-corrected chi connectivity index (χ2v) is 10.0. The Balaban J connectivity index is 1.63. The van der Waals surface area contributed by atoms with Crippen LogP contribution in [0.25, 0.3) is 17.0 Å². The molecule has 1 aliphatic heterocycles. The fourth-order valence-electron chi connectivity index (χ4n) is 4.76. The zero-order chi connectivity index (χ0) is 32.2. The third kappa shape index (κ3) is 8.50. The van der Waals surface area contributed by atoms with E-state index in [0.29, 0.717) is 54.6 Å². The fraction of sp³-hybridized carbons (Fsp3) is 0.303. The summed E-state index contributed by atoms with van der Waals surface area (Å²) in [5, 5.41) is 21.1. The number of nitrogens with zero attached hydrogens (tertiary/aromatic N) is 5. The molecule has 0 saturated carbocycles. The number of anilines is 2. The Hall–Kier alpha value is -5.59. The van der Waals surface area contributed by atoms with E-state index in [1.807, 2.05) is 47.1 Å². The van der Waals surface area contributed by atoms with Gasteiger partial charge in [0.05, 0.1) is 53.8 Å². The average molecular weight is 612 g/mol.